The second kappa shape index (κ2) is 5.82. The summed E-state index contributed by atoms with van der Waals surface area (Å²) in [6.45, 7) is 1.39. The first-order chi connectivity index (χ1) is 9.79. The molecule has 112 valence electrons. The van der Waals surface area contributed by atoms with Crippen molar-refractivity contribution in [3.05, 3.63) is 28.9 Å². The molecule has 8 nitrogen and oxygen atoms in total. The number of aromatic nitrogens is 3. The van der Waals surface area contributed by atoms with Crippen LogP contribution in [0.1, 0.15) is 6.92 Å². The highest BCUT2D eigenvalue weighted by Gasteiger charge is 2.23. The molecule has 1 aromatic heterocycles. The SMILES string of the molecule is CC(=O)Nc1ccc(NS(=O)(=O)c2c(Br)nnn2C)cc1. The number of anilines is 2. The van der Waals surface area contributed by atoms with Crippen molar-refractivity contribution in [2.24, 2.45) is 7.05 Å². The Kier molecular flexibility index (Phi) is 4.28. The number of nitrogens with one attached hydrogen (secondary N) is 2. The summed E-state index contributed by atoms with van der Waals surface area (Å²) in [5, 5.41) is 9.78. The molecule has 0 fully saturated rings. The third-order valence-electron chi connectivity index (χ3n) is 2.45. The van der Waals surface area contributed by atoms with E-state index in [1.807, 2.05) is 0 Å². The molecule has 10 heteroatoms. The number of rotatable bonds is 4. The van der Waals surface area contributed by atoms with E-state index in [1.165, 1.54) is 14.0 Å². The lowest BCUT2D eigenvalue weighted by Crippen LogP contribution is -2.17. The average molecular weight is 374 g/mol. The quantitative estimate of drug-likeness (QED) is 0.840. The van der Waals surface area contributed by atoms with E-state index in [2.05, 4.69) is 36.3 Å². The minimum absolute atomic E-state index is 0.0755. The molecule has 0 bridgehead atoms. The zero-order valence-corrected chi connectivity index (χ0v) is 13.6. The van der Waals surface area contributed by atoms with Gasteiger partial charge < -0.3 is 5.32 Å². The van der Waals surface area contributed by atoms with Gasteiger partial charge in [-0.15, -0.1) is 5.10 Å². The lowest BCUT2D eigenvalue weighted by molar-refractivity contribution is -0.114. The number of halogens is 1. The lowest BCUT2D eigenvalue weighted by atomic mass is 10.3. The Bertz CT molecular complexity index is 750. The molecule has 0 spiro atoms. The van der Waals surface area contributed by atoms with Crippen LogP contribution in [0.3, 0.4) is 0 Å². The van der Waals surface area contributed by atoms with Gasteiger partial charge in [-0.25, -0.2) is 4.68 Å². The number of hydrogen-bond donors (Lipinski definition) is 2. The van der Waals surface area contributed by atoms with E-state index >= 15 is 0 Å². The van der Waals surface area contributed by atoms with E-state index < -0.39 is 10.0 Å². The number of aryl methyl sites for hydroxylation is 1. The van der Waals surface area contributed by atoms with Gasteiger partial charge in [0, 0.05) is 25.3 Å². The van der Waals surface area contributed by atoms with Crippen LogP contribution in [0.4, 0.5) is 11.4 Å². The van der Waals surface area contributed by atoms with Crippen molar-refractivity contribution < 1.29 is 13.2 Å². The molecule has 2 aromatic rings. The minimum atomic E-state index is -3.81. The highest BCUT2D eigenvalue weighted by atomic mass is 79.9. The number of sulfonamides is 1. The zero-order valence-electron chi connectivity index (χ0n) is 11.2. The Morgan fingerprint density at radius 3 is 2.29 bits per heavy atom. The van der Waals surface area contributed by atoms with E-state index in [1.54, 1.807) is 24.3 Å². The monoisotopic (exact) mass is 373 g/mol. The molecular formula is C11H12BrN5O3S. The maximum Gasteiger partial charge on any atom is 0.281 e. The molecule has 0 aliphatic carbocycles. The summed E-state index contributed by atoms with van der Waals surface area (Å²) in [4.78, 5) is 10.9. The normalized spacial score (nSPS) is 11.2. The molecule has 21 heavy (non-hydrogen) atoms. The number of nitrogens with zero attached hydrogens (tertiary/aromatic N) is 3. The van der Waals surface area contributed by atoms with Crippen LogP contribution in [-0.2, 0) is 21.9 Å². The van der Waals surface area contributed by atoms with E-state index in [-0.39, 0.29) is 15.5 Å². The number of benzene rings is 1. The van der Waals surface area contributed by atoms with Crippen LogP contribution in [0.2, 0.25) is 0 Å². The van der Waals surface area contributed by atoms with E-state index in [9.17, 15) is 13.2 Å². The van der Waals surface area contributed by atoms with Crippen molar-refractivity contribution in [3.8, 4) is 0 Å². The smallest absolute Gasteiger partial charge is 0.281 e. The van der Waals surface area contributed by atoms with Gasteiger partial charge in [-0.1, -0.05) is 5.21 Å². The number of amides is 1. The first-order valence-corrected chi connectivity index (χ1v) is 8.03. The summed E-state index contributed by atoms with van der Waals surface area (Å²) < 4.78 is 28.2. The van der Waals surface area contributed by atoms with Gasteiger partial charge in [0.1, 0.15) is 0 Å². The Morgan fingerprint density at radius 2 is 1.81 bits per heavy atom. The molecule has 2 N–H and O–H groups in total. The van der Waals surface area contributed by atoms with Crippen LogP contribution in [0, 0.1) is 0 Å². The third kappa shape index (κ3) is 3.58. The van der Waals surface area contributed by atoms with Gasteiger partial charge in [-0.2, -0.15) is 8.42 Å². The summed E-state index contributed by atoms with van der Waals surface area (Å²) in [6, 6.07) is 6.27. The number of carbonyl (C=O) groups is 1. The summed E-state index contributed by atoms with van der Waals surface area (Å²) in [5.74, 6) is -0.201. The van der Waals surface area contributed by atoms with Gasteiger partial charge in [0.05, 0.1) is 0 Å². The molecule has 0 saturated carbocycles. The molecule has 0 radical (unpaired) electrons. The summed E-state index contributed by atoms with van der Waals surface area (Å²) in [6.07, 6.45) is 0. The number of hydrogen-bond acceptors (Lipinski definition) is 5. The summed E-state index contributed by atoms with van der Waals surface area (Å²) in [5.41, 5.74) is 0.936. The van der Waals surface area contributed by atoms with Gasteiger partial charge in [0.25, 0.3) is 10.0 Å². The highest BCUT2D eigenvalue weighted by molar-refractivity contribution is 9.10. The molecule has 0 saturated heterocycles. The van der Waals surface area contributed by atoms with Gasteiger partial charge in [0.2, 0.25) is 10.9 Å². The number of carbonyl (C=O) groups excluding carboxylic acids is 1. The molecular weight excluding hydrogens is 362 g/mol. The molecule has 0 atom stereocenters. The van der Waals surface area contributed by atoms with Gasteiger partial charge in [0.15, 0.2) is 4.60 Å². The van der Waals surface area contributed by atoms with Crippen LogP contribution in [0.15, 0.2) is 33.9 Å². The largest absolute Gasteiger partial charge is 0.326 e. The van der Waals surface area contributed by atoms with Gasteiger partial charge >= 0.3 is 0 Å². The first kappa shape index (κ1) is 15.4. The van der Waals surface area contributed by atoms with Crippen LogP contribution in [-0.4, -0.2) is 29.3 Å². The van der Waals surface area contributed by atoms with E-state index in [0.717, 1.165) is 4.68 Å². The van der Waals surface area contributed by atoms with Gasteiger partial charge in [-0.3, -0.25) is 9.52 Å². The molecule has 0 aliphatic heterocycles. The molecule has 0 unspecified atom stereocenters. The summed E-state index contributed by atoms with van der Waals surface area (Å²) in [7, 11) is -2.34. The van der Waals surface area contributed by atoms with Crippen LogP contribution in [0.25, 0.3) is 0 Å². The fourth-order valence-electron chi connectivity index (χ4n) is 1.64. The lowest BCUT2D eigenvalue weighted by Gasteiger charge is -2.09. The van der Waals surface area contributed by atoms with Crippen molar-refractivity contribution in [2.45, 2.75) is 11.9 Å². The highest BCUT2D eigenvalue weighted by Crippen LogP contribution is 2.22. The Hall–Kier alpha value is -1.94. The molecule has 1 amide bonds. The Morgan fingerprint density at radius 1 is 1.24 bits per heavy atom. The predicted octanol–water partition coefficient (Wildman–Crippen LogP) is 1.34. The van der Waals surface area contributed by atoms with Crippen molar-refractivity contribution in [2.75, 3.05) is 10.0 Å². The Balaban J connectivity index is 2.23. The fraction of sp³-hybridized carbons (Fsp3) is 0.182. The second-order valence-electron chi connectivity index (χ2n) is 4.17. The van der Waals surface area contributed by atoms with Crippen molar-refractivity contribution in [1.82, 2.24) is 15.0 Å². The van der Waals surface area contributed by atoms with Crippen molar-refractivity contribution in [1.29, 1.82) is 0 Å². The van der Waals surface area contributed by atoms with Crippen molar-refractivity contribution in [3.63, 3.8) is 0 Å². The maximum atomic E-state index is 12.3. The summed E-state index contributed by atoms with van der Waals surface area (Å²) >= 11 is 3.04. The van der Waals surface area contributed by atoms with E-state index in [4.69, 9.17) is 0 Å². The van der Waals surface area contributed by atoms with Crippen LogP contribution in [0.5, 0.6) is 0 Å². The molecule has 0 aliphatic rings. The van der Waals surface area contributed by atoms with Gasteiger partial charge in [-0.05, 0) is 40.2 Å². The second-order valence-corrected chi connectivity index (χ2v) is 6.52. The molecule has 1 heterocycles. The standard InChI is InChI=1S/C11H12BrN5O3S/c1-7(18)13-8-3-5-9(6-4-8)15-21(19,20)11-10(12)14-16-17(11)2/h3-6,15H,1-2H3,(H,13,18). The van der Waals surface area contributed by atoms with Crippen LogP contribution >= 0.6 is 15.9 Å². The molecule has 2 rings (SSSR count). The van der Waals surface area contributed by atoms with Crippen molar-refractivity contribution >= 4 is 43.2 Å². The predicted molar refractivity (Wildman–Crippen MR) is 80.3 cm³/mol. The first-order valence-electron chi connectivity index (χ1n) is 5.75. The zero-order chi connectivity index (χ0) is 15.6. The third-order valence-corrected chi connectivity index (χ3v) is 4.72. The van der Waals surface area contributed by atoms with E-state index in [0.29, 0.717) is 11.4 Å². The maximum absolute atomic E-state index is 12.3. The topological polar surface area (TPSA) is 106 Å². The fourth-order valence-corrected chi connectivity index (χ4v) is 3.79. The Labute approximate surface area is 129 Å². The minimum Gasteiger partial charge on any atom is -0.326 e. The molecule has 1 aromatic carbocycles. The average Bonchev–Trinajstić information content (AvgIpc) is 2.71. The van der Waals surface area contributed by atoms with Crippen LogP contribution < -0.4 is 10.0 Å².